The van der Waals surface area contributed by atoms with E-state index in [-0.39, 0.29) is 11.9 Å². The molecular weight excluding hydrogens is 134 g/mol. The fourth-order valence-corrected chi connectivity index (χ4v) is 0.768. The predicted molar refractivity (Wildman–Crippen MR) is 33.9 cm³/mol. The number of nitrogens with one attached hydrogen (secondary N) is 2. The van der Waals surface area contributed by atoms with Crippen LogP contribution in [0.1, 0.15) is 6.92 Å². The molecule has 3 amide bonds. The molecule has 1 rings (SSSR count). The van der Waals surface area contributed by atoms with Crippen molar-refractivity contribution in [2.45, 2.75) is 6.92 Å². The molecule has 0 aliphatic carbocycles. The maximum absolute atomic E-state index is 10.7. The monoisotopic (exact) mass is 143 g/mol. The highest BCUT2D eigenvalue weighted by Crippen LogP contribution is 1.90. The minimum absolute atomic E-state index is 0.225. The SMILES string of the molecule is CC(=O)NN1CCNC1=O. The van der Waals surface area contributed by atoms with Crippen LogP contribution in [0, 0.1) is 0 Å². The summed E-state index contributed by atoms with van der Waals surface area (Å²) in [5.74, 6) is -0.225. The zero-order valence-corrected chi connectivity index (χ0v) is 5.68. The smallest absolute Gasteiger partial charge is 0.335 e. The first-order valence-corrected chi connectivity index (χ1v) is 3.03. The summed E-state index contributed by atoms with van der Waals surface area (Å²) in [5.41, 5.74) is 2.37. The van der Waals surface area contributed by atoms with E-state index in [9.17, 15) is 9.59 Å². The molecular formula is C5H9N3O2. The van der Waals surface area contributed by atoms with Gasteiger partial charge < -0.3 is 5.32 Å². The van der Waals surface area contributed by atoms with Crippen molar-refractivity contribution in [2.75, 3.05) is 13.1 Å². The third-order valence-corrected chi connectivity index (χ3v) is 1.15. The molecule has 5 nitrogen and oxygen atoms in total. The fourth-order valence-electron chi connectivity index (χ4n) is 0.768. The Hall–Kier alpha value is -1.26. The van der Waals surface area contributed by atoms with Crippen LogP contribution < -0.4 is 10.7 Å². The van der Waals surface area contributed by atoms with Crippen molar-refractivity contribution in [1.82, 2.24) is 15.8 Å². The van der Waals surface area contributed by atoms with Crippen LogP contribution in [-0.4, -0.2) is 30.0 Å². The van der Waals surface area contributed by atoms with Crippen LogP contribution in [0.3, 0.4) is 0 Å². The molecule has 0 atom stereocenters. The topological polar surface area (TPSA) is 61.4 Å². The largest absolute Gasteiger partial charge is 0.336 e. The molecule has 10 heavy (non-hydrogen) atoms. The molecule has 0 spiro atoms. The number of nitrogens with zero attached hydrogens (tertiary/aromatic N) is 1. The average Bonchev–Trinajstić information content (AvgIpc) is 2.15. The Morgan fingerprint density at radius 3 is 2.90 bits per heavy atom. The summed E-state index contributed by atoms with van der Waals surface area (Å²) in [4.78, 5) is 21.1. The van der Waals surface area contributed by atoms with Gasteiger partial charge in [0.2, 0.25) is 5.91 Å². The molecule has 0 unspecified atom stereocenters. The van der Waals surface area contributed by atoms with Crippen LogP contribution in [0.5, 0.6) is 0 Å². The van der Waals surface area contributed by atoms with E-state index in [0.29, 0.717) is 13.1 Å². The molecule has 5 heteroatoms. The summed E-state index contributed by atoms with van der Waals surface area (Å²) in [6, 6.07) is -0.241. The fraction of sp³-hybridized carbons (Fsp3) is 0.600. The normalized spacial score (nSPS) is 16.9. The van der Waals surface area contributed by atoms with E-state index in [2.05, 4.69) is 10.7 Å². The third kappa shape index (κ3) is 1.37. The van der Waals surface area contributed by atoms with Crippen LogP contribution in [0.25, 0.3) is 0 Å². The number of hydrazine groups is 1. The first kappa shape index (κ1) is 6.85. The van der Waals surface area contributed by atoms with Gasteiger partial charge in [0.05, 0.1) is 6.54 Å². The summed E-state index contributed by atoms with van der Waals surface area (Å²) < 4.78 is 0. The van der Waals surface area contributed by atoms with Crippen molar-refractivity contribution >= 4 is 11.9 Å². The first-order chi connectivity index (χ1) is 4.70. The van der Waals surface area contributed by atoms with Gasteiger partial charge in [-0.3, -0.25) is 10.2 Å². The molecule has 0 aromatic heterocycles. The van der Waals surface area contributed by atoms with Crippen LogP contribution in [0.4, 0.5) is 4.79 Å². The second kappa shape index (κ2) is 2.55. The number of hydrogen-bond donors (Lipinski definition) is 2. The number of hydrogen-bond acceptors (Lipinski definition) is 2. The Morgan fingerprint density at radius 1 is 1.80 bits per heavy atom. The molecule has 1 fully saturated rings. The zero-order valence-electron chi connectivity index (χ0n) is 5.68. The summed E-state index contributed by atoms with van der Waals surface area (Å²) in [6.45, 7) is 2.50. The maximum atomic E-state index is 10.7. The lowest BCUT2D eigenvalue weighted by atomic mass is 10.7. The molecule has 0 aromatic rings. The quantitative estimate of drug-likeness (QED) is 0.497. The van der Waals surface area contributed by atoms with Gasteiger partial charge in [-0.15, -0.1) is 0 Å². The summed E-state index contributed by atoms with van der Waals surface area (Å²) >= 11 is 0. The van der Waals surface area contributed by atoms with Crippen molar-refractivity contribution in [2.24, 2.45) is 0 Å². The standard InChI is InChI=1S/C5H9N3O2/c1-4(9)7-8-3-2-6-5(8)10/h2-3H2,1H3,(H,6,10)(H,7,9). The highest BCUT2D eigenvalue weighted by atomic mass is 16.2. The van der Waals surface area contributed by atoms with Gasteiger partial charge in [-0.2, -0.15) is 0 Å². The summed E-state index contributed by atoms with van der Waals surface area (Å²) in [6.07, 6.45) is 0. The third-order valence-electron chi connectivity index (χ3n) is 1.15. The molecule has 56 valence electrons. The maximum Gasteiger partial charge on any atom is 0.336 e. The summed E-state index contributed by atoms with van der Waals surface area (Å²) in [7, 11) is 0. The van der Waals surface area contributed by atoms with Gasteiger partial charge in [0.25, 0.3) is 0 Å². The minimum Gasteiger partial charge on any atom is -0.335 e. The number of amides is 3. The van der Waals surface area contributed by atoms with Crippen molar-refractivity contribution in [3.8, 4) is 0 Å². The molecule has 1 aliphatic rings. The van der Waals surface area contributed by atoms with Crippen LogP contribution in [0.2, 0.25) is 0 Å². The van der Waals surface area contributed by atoms with E-state index in [4.69, 9.17) is 0 Å². The number of carbonyl (C=O) groups is 2. The van der Waals surface area contributed by atoms with E-state index in [1.54, 1.807) is 0 Å². The second-order valence-corrected chi connectivity index (χ2v) is 2.05. The number of carbonyl (C=O) groups excluding carboxylic acids is 2. The van der Waals surface area contributed by atoms with Gasteiger partial charge in [-0.05, 0) is 0 Å². The van der Waals surface area contributed by atoms with Crippen LogP contribution >= 0.6 is 0 Å². The van der Waals surface area contributed by atoms with Crippen molar-refractivity contribution < 1.29 is 9.59 Å². The summed E-state index contributed by atoms with van der Waals surface area (Å²) in [5, 5.41) is 3.80. The van der Waals surface area contributed by atoms with Crippen molar-refractivity contribution in [1.29, 1.82) is 0 Å². The van der Waals surface area contributed by atoms with Gasteiger partial charge in [0.15, 0.2) is 0 Å². The Labute approximate surface area is 58.3 Å². The van der Waals surface area contributed by atoms with Gasteiger partial charge in [0.1, 0.15) is 0 Å². The zero-order chi connectivity index (χ0) is 7.56. The first-order valence-electron chi connectivity index (χ1n) is 3.03. The highest BCUT2D eigenvalue weighted by molar-refractivity contribution is 5.80. The molecule has 0 aromatic carbocycles. The van der Waals surface area contributed by atoms with Gasteiger partial charge in [-0.25, -0.2) is 9.80 Å². The Morgan fingerprint density at radius 2 is 2.50 bits per heavy atom. The lowest BCUT2D eigenvalue weighted by Crippen LogP contribution is -2.42. The molecule has 0 radical (unpaired) electrons. The van der Waals surface area contributed by atoms with E-state index in [1.807, 2.05) is 0 Å². The molecule has 0 bridgehead atoms. The van der Waals surface area contributed by atoms with Crippen LogP contribution in [0.15, 0.2) is 0 Å². The lowest BCUT2D eigenvalue weighted by Gasteiger charge is -2.12. The van der Waals surface area contributed by atoms with E-state index >= 15 is 0 Å². The van der Waals surface area contributed by atoms with Crippen molar-refractivity contribution in [3.63, 3.8) is 0 Å². The predicted octanol–water partition coefficient (Wildman–Crippen LogP) is -0.937. The van der Waals surface area contributed by atoms with Gasteiger partial charge >= 0.3 is 6.03 Å². The van der Waals surface area contributed by atoms with E-state index < -0.39 is 0 Å². The van der Waals surface area contributed by atoms with E-state index in [1.165, 1.54) is 11.9 Å². The highest BCUT2D eigenvalue weighted by Gasteiger charge is 2.19. The van der Waals surface area contributed by atoms with Crippen molar-refractivity contribution in [3.05, 3.63) is 0 Å². The average molecular weight is 143 g/mol. The molecule has 1 saturated heterocycles. The number of urea groups is 1. The van der Waals surface area contributed by atoms with Gasteiger partial charge in [0, 0.05) is 13.5 Å². The van der Waals surface area contributed by atoms with Crippen LogP contribution in [-0.2, 0) is 4.79 Å². The number of rotatable bonds is 1. The molecule has 0 saturated carbocycles. The van der Waals surface area contributed by atoms with Gasteiger partial charge in [-0.1, -0.05) is 0 Å². The second-order valence-electron chi connectivity index (χ2n) is 2.05. The Balaban J connectivity index is 2.40. The molecule has 1 aliphatic heterocycles. The van der Waals surface area contributed by atoms with E-state index in [0.717, 1.165) is 0 Å². The lowest BCUT2D eigenvalue weighted by molar-refractivity contribution is -0.122. The Kier molecular flexibility index (Phi) is 1.75. The molecule has 1 heterocycles. The minimum atomic E-state index is -0.241. The Bertz CT molecular complexity index is 168. The molecule has 2 N–H and O–H groups in total.